The minimum Gasteiger partial charge on any atom is -0.271 e. The second kappa shape index (κ2) is 10.8. The number of fused-ring (bicyclic) bond motifs is 1. The predicted molar refractivity (Wildman–Crippen MR) is 132 cm³/mol. The summed E-state index contributed by atoms with van der Waals surface area (Å²) in [5.41, 5.74) is 5.13. The van der Waals surface area contributed by atoms with Crippen LogP contribution in [0.3, 0.4) is 0 Å². The van der Waals surface area contributed by atoms with Gasteiger partial charge in [-0.25, -0.2) is 13.1 Å². The van der Waals surface area contributed by atoms with Crippen LogP contribution in [0.4, 0.5) is 0 Å². The number of benzene rings is 2. The molecule has 1 heterocycles. The van der Waals surface area contributed by atoms with Crippen molar-refractivity contribution in [1.29, 1.82) is 0 Å². The maximum absolute atomic E-state index is 12.9. The Balaban J connectivity index is 1.80. The van der Waals surface area contributed by atoms with Gasteiger partial charge in [-0.05, 0) is 44.4 Å². The average molecular weight is 500 g/mol. The minimum absolute atomic E-state index is 0.0131. The van der Waals surface area contributed by atoms with E-state index in [1.54, 1.807) is 43.3 Å². The number of amides is 2. The van der Waals surface area contributed by atoms with E-state index in [1.807, 2.05) is 20.8 Å². The first-order valence-electron chi connectivity index (χ1n) is 11.2. The maximum atomic E-state index is 12.9. The number of hydrazine groups is 1. The number of rotatable bonds is 8. The van der Waals surface area contributed by atoms with Crippen molar-refractivity contribution in [3.05, 3.63) is 70.1 Å². The van der Waals surface area contributed by atoms with E-state index in [1.165, 1.54) is 12.1 Å². The number of nitrogens with zero attached hydrogens (tertiary/aromatic N) is 2. The van der Waals surface area contributed by atoms with E-state index in [2.05, 4.69) is 20.7 Å². The summed E-state index contributed by atoms with van der Waals surface area (Å²) in [5, 5.41) is 4.79. The van der Waals surface area contributed by atoms with Crippen LogP contribution in [0.5, 0.6) is 0 Å². The molecule has 0 spiro atoms. The molecular formula is C24H29N5O5S. The number of carbonyl (C=O) groups is 2. The van der Waals surface area contributed by atoms with E-state index in [9.17, 15) is 22.8 Å². The van der Waals surface area contributed by atoms with E-state index in [0.29, 0.717) is 10.8 Å². The smallest absolute Gasteiger partial charge is 0.271 e. The van der Waals surface area contributed by atoms with Gasteiger partial charge >= 0.3 is 0 Å². The van der Waals surface area contributed by atoms with Crippen LogP contribution < -0.4 is 21.1 Å². The standard InChI is InChI=1S/C24H29N5O5S/c1-5-29-24(32)19-9-7-6-8-18(19)21(27-29)23(31)26-25-22(30)20(14-15(2)3)28-35(33,34)17-12-10-16(4)11-13-17/h6-13,15,20,28H,5,14H2,1-4H3,(H,25,30)(H,26,31). The Morgan fingerprint density at radius 2 is 1.63 bits per heavy atom. The zero-order chi connectivity index (χ0) is 25.8. The van der Waals surface area contributed by atoms with Crippen LogP contribution >= 0.6 is 0 Å². The Hall–Kier alpha value is -3.57. The van der Waals surface area contributed by atoms with Gasteiger partial charge < -0.3 is 0 Å². The molecular weight excluding hydrogens is 470 g/mol. The summed E-state index contributed by atoms with van der Waals surface area (Å²) in [6.07, 6.45) is 0.203. The molecule has 1 atom stereocenters. The molecule has 0 aliphatic carbocycles. The lowest BCUT2D eigenvalue weighted by Gasteiger charge is -2.20. The van der Waals surface area contributed by atoms with Crippen molar-refractivity contribution in [2.24, 2.45) is 5.92 Å². The largest absolute Gasteiger partial charge is 0.290 e. The van der Waals surface area contributed by atoms with Gasteiger partial charge in [-0.2, -0.15) is 9.82 Å². The highest BCUT2D eigenvalue weighted by Gasteiger charge is 2.27. The molecule has 0 saturated heterocycles. The van der Waals surface area contributed by atoms with Crippen molar-refractivity contribution in [2.75, 3.05) is 0 Å². The van der Waals surface area contributed by atoms with Gasteiger partial charge in [-0.3, -0.25) is 25.2 Å². The average Bonchev–Trinajstić information content (AvgIpc) is 2.82. The second-order valence-electron chi connectivity index (χ2n) is 8.57. The third kappa shape index (κ3) is 6.11. The van der Waals surface area contributed by atoms with Gasteiger partial charge in [0.15, 0.2) is 5.69 Å². The summed E-state index contributed by atoms with van der Waals surface area (Å²) in [5.74, 6) is -1.47. The molecule has 0 bridgehead atoms. The summed E-state index contributed by atoms with van der Waals surface area (Å²) < 4.78 is 29.2. The van der Waals surface area contributed by atoms with E-state index in [4.69, 9.17) is 0 Å². The highest BCUT2D eigenvalue weighted by molar-refractivity contribution is 7.89. The fraction of sp³-hybridized carbons (Fsp3) is 0.333. The summed E-state index contributed by atoms with van der Waals surface area (Å²) in [7, 11) is -3.97. The topological polar surface area (TPSA) is 139 Å². The molecule has 10 nitrogen and oxygen atoms in total. The monoisotopic (exact) mass is 499 g/mol. The molecule has 3 N–H and O–H groups in total. The Bertz CT molecular complexity index is 1400. The molecule has 11 heteroatoms. The summed E-state index contributed by atoms with van der Waals surface area (Å²) in [6, 6.07) is 11.7. The molecule has 0 aliphatic rings. The first-order valence-corrected chi connectivity index (χ1v) is 12.7. The fourth-order valence-corrected chi connectivity index (χ4v) is 4.74. The molecule has 3 aromatic rings. The normalized spacial score (nSPS) is 12.5. The van der Waals surface area contributed by atoms with E-state index in [0.717, 1.165) is 10.2 Å². The van der Waals surface area contributed by atoms with Crippen molar-refractivity contribution in [2.45, 2.75) is 51.6 Å². The van der Waals surface area contributed by atoms with Gasteiger partial charge in [0.25, 0.3) is 17.4 Å². The van der Waals surface area contributed by atoms with Crippen molar-refractivity contribution >= 4 is 32.6 Å². The highest BCUT2D eigenvalue weighted by atomic mass is 32.2. The molecule has 1 unspecified atom stereocenters. The SMILES string of the molecule is CCn1nc(C(=O)NNC(=O)C(CC(C)C)NS(=O)(=O)c2ccc(C)cc2)c2ccccc2c1=O. The number of carbonyl (C=O) groups excluding carboxylic acids is 2. The summed E-state index contributed by atoms with van der Waals surface area (Å²) in [4.78, 5) is 38.3. The molecule has 2 amide bonds. The van der Waals surface area contributed by atoms with Gasteiger partial charge in [0.2, 0.25) is 10.0 Å². The van der Waals surface area contributed by atoms with E-state index >= 15 is 0 Å². The molecule has 1 aromatic heterocycles. The molecule has 0 saturated carbocycles. The third-order valence-electron chi connectivity index (χ3n) is 5.33. The molecule has 35 heavy (non-hydrogen) atoms. The minimum atomic E-state index is -3.97. The Labute approximate surface area is 203 Å². The van der Waals surface area contributed by atoms with Crippen molar-refractivity contribution < 1.29 is 18.0 Å². The lowest BCUT2D eigenvalue weighted by Crippen LogP contribution is -2.52. The van der Waals surface area contributed by atoms with Crippen LogP contribution in [0.25, 0.3) is 10.8 Å². The van der Waals surface area contributed by atoms with Crippen LogP contribution in [0.1, 0.15) is 43.2 Å². The Morgan fingerprint density at radius 1 is 1.00 bits per heavy atom. The number of aryl methyl sites for hydroxylation is 2. The number of hydrogen-bond acceptors (Lipinski definition) is 6. The van der Waals surface area contributed by atoms with Crippen molar-refractivity contribution in [3.63, 3.8) is 0 Å². The summed E-state index contributed by atoms with van der Waals surface area (Å²) >= 11 is 0. The summed E-state index contributed by atoms with van der Waals surface area (Å²) in [6.45, 7) is 7.52. The molecule has 0 radical (unpaired) electrons. The predicted octanol–water partition coefficient (Wildman–Crippen LogP) is 1.88. The van der Waals surface area contributed by atoms with Crippen molar-refractivity contribution in [3.8, 4) is 0 Å². The number of sulfonamides is 1. The first-order chi connectivity index (χ1) is 16.5. The van der Waals surface area contributed by atoms with Crippen LogP contribution in [0.2, 0.25) is 0 Å². The number of nitrogens with one attached hydrogen (secondary N) is 3. The van der Waals surface area contributed by atoms with Crippen LogP contribution in [-0.4, -0.2) is 36.1 Å². The Kier molecular flexibility index (Phi) is 8.03. The molecule has 2 aromatic carbocycles. The lowest BCUT2D eigenvalue weighted by atomic mass is 10.0. The van der Waals surface area contributed by atoms with E-state index < -0.39 is 27.9 Å². The first kappa shape index (κ1) is 26.0. The van der Waals surface area contributed by atoms with Gasteiger partial charge in [-0.15, -0.1) is 0 Å². The number of aromatic nitrogens is 2. The fourth-order valence-electron chi connectivity index (χ4n) is 3.53. The van der Waals surface area contributed by atoms with E-state index in [-0.39, 0.29) is 35.0 Å². The maximum Gasteiger partial charge on any atom is 0.290 e. The van der Waals surface area contributed by atoms with Crippen LogP contribution in [0, 0.1) is 12.8 Å². The van der Waals surface area contributed by atoms with Gasteiger partial charge in [0.1, 0.15) is 6.04 Å². The van der Waals surface area contributed by atoms with Crippen molar-refractivity contribution in [1.82, 2.24) is 25.4 Å². The second-order valence-corrected chi connectivity index (χ2v) is 10.3. The van der Waals surface area contributed by atoms with Crippen LogP contribution in [0.15, 0.2) is 58.2 Å². The molecule has 3 rings (SSSR count). The highest BCUT2D eigenvalue weighted by Crippen LogP contribution is 2.15. The van der Waals surface area contributed by atoms with Gasteiger partial charge in [-0.1, -0.05) is 49.7 Å². The van der Waals surface area contributed by atoms with Crippen LogP contribution in [-0.2, 0) is 21.4 Å². The lowest BCUT2D eigenvalue weighted by molar-refractivity contribution is -0.123. The van der Waals surface area contributed by atoms with Gasteiger partial charge in [0, 0.05) is 11.9 Å². The molecule has 0 aliphatic heterocycles. The molecule has 0 fully saturated rings. The zero-order valence-electron chi connectivity index (χ0n) is 20.0. The van der Waals surface area contributed by atoms with Gasteiger partial charge in [0.05, 0.1) is 10.3 Å². The Morgan fingerprint density at radius 3 is 2.23 bits per heavy atom. The number of hydrogen-bond donors (Lipinski definition) is 3. The molecule has 186 valence electrons. The quantitative estimate of drug-likeness (QED) is 0.405. The zero-order valence-corrected chi connectivity index (χ0v) is 20.8. The third-order valence-corrected chi connectivity index (χ3v) is 6.82.